The molecule has 2 nitrogen and oxygen atoms in total. The summed E-state index contributed by atoms with van der Waals surface area (Å²) in [4.78, 5) is 12.1. The van der Waals surface area contributed by atoms with E-state index in [2.05, 4.69) is 44.1 Å². The summed E-state index contributed by atoms with van der Waals surface area (Å²) >= 11 is 6.79. The molecular weight excluding hydrogens is 346 g/mol. The lowest BCUT2D eigenvalue weighted by molar-refractivity contribution is 0.0937. The number of hydrogen-bond donors (Lipinski definition) is 1. The van der Waals surface area contributed by atoms with Crippen LogP contribution in [0.3, 0.4) is 0 Å². The zero-order chi connectivity index (χ0) is 12.4. The first-order chi connectivity index (χ1) is 8.04. The van der Waals surface area contributed by atoms with Crippen molar-refractivity contribution in [3.05, 3.63) is 32.7 Å². The SMILES string of the molecule is CC1CCC(NC(=O)c2cc(Br)cc(Br)c2)C1. The number of carbonyl (C=O) groups excluding carboxylic acids is 1. The lowest BCUT2D eigenvalue weighted by Crippen LogP contribution is -2.32. The Hall–Kier alpha value is -0.350. The summed E-state index contributed by atoms with van der Waals surface area (Å²) in [6, 6.07) is 5.96. The molecule has 1 aromatic carbocycles. The average Bonchev–Trinajstić information content (AvgIpc) is 2.62. The Balaban J connectivity index is 2.04. The normalized spacial score (nSPS) is 23.7. The molecule has 0 aliphatic heterocycles. The molecule has 1 N–H and O–H groups in total. The van der Waals surface area contributed by atoms with Gasteiger partial charge in [-0.1, -0.05) is 38.8 Å². The van der Waals surface area contributed by atoms with Crippen LogP contribution in [0.1, 0.15) is 36.5 Å². The van der Waals surface area contributed by atoms with E-state index in [1.807, 2.05) is 18.2 Å². The smallest absolute Gasteiger partial charge is 0.251 e. The topological polar surface area (TPSA) is 29.1 Å². The van der Waals surface area contributed by atoms with Gasteiger partial charge < -0.3 is 5.32 Å². The summed E-state index contributed by atoms with van der Waals surface area (Å²) < 4.78 is 1.83. The quantitative estimate of drug-likeness (QED) is 0.844. The van der Waals surface area contributed by atoms with Crippen molar-refractivity contribution in [2.45, 2.75) is 32.2 Å². The second-order valence-corrected chi connectivity index (χ2v) is 6.58. The molecule has 1 fully saturated rings. The van der Waals surface area contributed by atoms with E-state index in [1.165, 1.54) is 6.42 Å². The zero-order valence-electron chi connectivity index (χ0n) is 9.67. The van der Waals surface area contributed by atoms with E-state index in [-0.39, 0.29) is 5.91 Å². The van der Waals surface area contributed by atoms with Gasteiger partial charge in [0.05, 0.1) is 0 Å². The third-order valence-corrected chi connectivity index (χ3v) is 4.07. The first-order valence-electron chi connectivity index (χ1n) is 5.81. The first-order valence-corrected chi connectivity index (χ1v) is 7.40. The Morgan fingerprint density at radius 3 is 2.41 bits per heavy atom. The fraction of sp³-hybridized carbons (Fsp3) is 0.462. The van der Waals surface area contributed by atoms with Gasteiger partial charge in [0.25, 0.3) is 5.91 Å². The first kappa shape index (κ1) is 13.1. The molecule has 92 valence electrons. The van der Waals surface area contributed by atoms with E-state index in [9.17, 15) is 4.79 Å². The van der Waals surface area contributed by atoms with Gasteiger partial charge in [-0.25, -0.2) is 0 Å². The van der Waals surface area contributed by atoms with Crippen LogP contribution < -0.4 is 5.32 Å². The van der Waals surface area contributed by atoms with Crippen LogP contribution in [0, 0.1) is 5.92 Å². The van der Waals surface area contributed by atoms with Gasteiger partial charge in [0.2, 0.25) is 0 Å². The number of halogens is 2. The van der Waals surface area contributed by atoms with Gasteiger partial charge in [0, 0.05) is 20.6 Å². The Morgan fingerprint density at radius 2 is 1.88 bits per heavy atom. The van der Waals surface area contributed by atoms with E-state index in [4.69, 9.17) is 0 Å². The second-order valence-electron chi connectivity index (χ2n) is 4.75. The van der Waals surface area contributed by atoms with Crippen molar-refractivity contribution < 1.29 is 4.79 Å². The van der Waals surface area contributed by atoms with Crippen molar-refractivity contribution in [2.75, 3.05) is 0 Å². The summed E-state index contributed by atoms with van der Waals surface area (Å²) in [5.74, 6) is 0.751. The lowest BCUT2D eigenvalue weighted by Gasteiger charge is -2.12. The molecule has 4 heteroatoms. The molecule has 0 spiro atoms. The van der Waals surface area contributed by atoms with Crippen LogP contribution in [0.2, 0.25) is 0 Å². The van der Waals surface area contributed by atoms with Crippen molar-refractivity contribution in [1.82, 2.24) is 5.32 Å². The molecule has 0 aromatic heterocycles. The molecule has 0 bridgehead atoms. The van der Waals surface area contributed by atoms with Crippen molar-refractivity contribution in [3.63, 3.8) is 0 Å². The number of nitrogens with one attached hydrogen (secondary N) is 1. The Kier molecular flexibility index (Phi) is 4.26. The third kappa shape index (κ3) is 3.55. The monoisotopic (exact) mass is 359 g/mol. The molecule has 1 aliphatic carbocycles. The van der Waals surface area contributed by atoms with Gasteiger partial charge in [-0.3, -0.25) is 4.79 Å². The molecule has 1 aromatic rings. The predicted octanol–water partition coefficient (Wildman–Crippen LogP) is 4.13. The van der Waals surface area contributed by atoms with Crippen LogP contribution in [0.4, 0.5) is 0 Å². The summed E-state index contributed by atoms with van der Waals surface area (Å²) in [7, 11) is 0. The highest BCUT2D eigenvalue weighted by Gasteiger charge is 2.23. The van der Waals surface area contributed by atoms with Gasteiger partial charge in [-0.2, -0.15) is 0 Å². The molecule has 1 saturated carbocycles. The summed E-state index contributed by atoms with van der Waals surface area (Å²) in [5.41, 5.74) is 0.700. The van der Waals surface area contributed by atoms with E-state index in [1.54, 1.807) is 0 Å². The Morgan fingerprint density at radius 1 is 1.24 bits per heavy atom. The number of benzene rings is 1. The van der Waals surface area contributed by atoms with Gasteiger partial charge in [0.1, 0.15) is 0 Å². The molecule has 2 unspecified atom stereocenters. The van der Waals surface area contributed by atoms with E-state index >= 15 is 0 Å². The second kappa shape index (κ2) is 5.53. The van der Waals surface area contributed by atoms with Crippen LogP contribution in [0.15, 0.2) is 27.1 Å². The predicted molar refractivity (Wildman–Crippen MR) is 76.1 cm³/mol. The molecule has 0 radical (unpaired) electrons. The maximum Gasteiger partial charge on any atom is 0.251 e. The average molecular weight is 361 g/mol. The van der Waals surface area contributed by atoms with Crippen LogP contribution >= 0.6 is 31.9 Å². The summed E-state index contributed by atoms with van der Waals surface area (Å²) in [6.07, 6.45) is 3.41. The maximum atomic E-state index is 12.1. The van der Waals surface area contributed by atoms with Gasteiger partial charge in [-0.15, -0.1) is 0 Å². The molecule has 1 aliphatic rings. The van der Waals surface area contributed by atoms with E-state index in [0.717, 1.165) is 27.7 Å². The summed E-state index contributed by atoms with van der Waals surface area (Å²) in [6.45, 7) is 2.24. The Labute approximate surface area is 118 Å². The fourth-order valence-corrected chi connectivity index (χ4v) is 3.59. The molecule has 1 amide bonds. The van der Waals surface area contributed by atoms with E-state index in [0.29, 0.717) is 11.6 Å². The van der Waals surface area contributed by atoms with E-state index < -0.39 is 0 Å². The number of amides is 1. The minimum absolute atomic E-state index is 0.0195. The van der Waals surface area contributed by atoms with Crippen molar-refractivity contribution >= 4 is 37.8 Å². The minimum Gasteiger partial charge on any atom is -0.349 e. The highest BCUT2D eigenvalue weighted by Crippen LogP contribution is 2.25. The molecule has 0 saturated heterocycles. The highest BCUT2D eigenvalue weighted by molar-refractivity contribution is 9.11. The maximum absolute atomic E-state index is 12.1. The fourth-order valence-electron chi connectivity index (χ4n) is 2.29. The van der Waals surface area contributed by atoms with Crippen LogP contribution in [0.25, 0.3) is 0 Å². The molecule has 2 atom stereocenters. The Bertz CT molecular complexity index is 413. The number of rotatable bonds is 2. The van der Waals surface area contributed by atoms with Crippen LogP contribution in [-0.4, -0.2) is 11.9 Å². The molecule has 0 heterocycles. The highest BCUT2D eigenvalue weighted by atomic mass is 79.9. The van der Waals surface area contributed by atoms with Crippen LogP contribution in [0.5, 0.6) is 0 Å². The zero-order valence-corrected chi connectivity index (χ0v) is 12.8. The third-order valence-electron chi connectivity index (χ3n) is 3.15. The lowest BCUT2D eigenvalue weighted by atomic mass is 10.1. The summed E-state index contributed by atoms with van der Waals surface area (Å²) in [5, 5.41) is 3.10. The van der Waals surface area contributed by atoms with Crippen molar-refractivity contribution in [2.24, 2.45) is 5.92 Å². The van der Waals surface area contributed by atoms with Gasteiger partial charge in [0.15, 0.2) is 0 Å². The van der Waals surface area contributed by atoms with Gasteiger partial charge in [-0.05, 0) is 43.4 Å². The number of hydrogen-bond acceptors (Lipinski definition) is 1. The van der Waals surface area contributed by atoms with Crippen molar-refractivity contribution in [3.8, 4) is 0 Å². The number of carbonyl (C=O) groups is 1. The van der Waals surface area contributed by atoms with Crippen LogP contribution in [-0.2, 0) is 0 Å². The standard InChI is InChI=1S/C13H15Br2NO/c1-8-2-3-12(4-8)16-13(17)9-5-10(14)7-11(15)6-9/h5-8,12H,2-4H2,1H3,(H,16,17). The van der Waals surface area contributed by atoms with Gasteiger partial charge >= 0.3 is 0 Å². The molecular formula is C13H15Br2NO. The molecule has 17 heavy (non-hydrogen) atoms. The minimum atomic E-state index is 0.0195. The molecule has 2 rings (SSSR count). The largest absolute Gasteiger partial charge is 0.349 e. The van der Waals surface area contributed by atoms with Crippen molar-refractivity contribution in [1.29, 1.82) is 0 Å².